The molecule has 0 atom stereocenters. The summed E-state index contributed by atoms with van der Waals surface area (Å²) in [6.07, 6.45) is 1.70. The van der Waals surface area contributed by atoms with Crippen molar-refractivity contribution in [3.8, 4) is 0 Å². The zero-order valence-corrected chi connectivity index (χ0v) is 27.0. The van der Waals surface area contributed by atoms with E-state index < -0.39 is 42.3 Å². The molecule has 11 nitrogen and oxygen atoms in total. The highest BCUT2D eigenvalue weighted by Gasteiger charge is 2.15. The largest absolute Gasteiger partial charge is 0.749 e. The van der Waals surface area contributed by atoms with Crippen LogP contribution >= 0.6 is 42.3 Å². The molecule has 0 bridgehead atoms. The molecule has 0 saturated heterocycles. The highest BCUT2D eigenvalue weighted by Crippen LogP contribution is 2.38. The Bertz CT molecular complexity index is 1620. The summed E-state index contributed by atoms with van der Waals surface area (Å²) >= 11 is -2.04. The van der Waals surface area contributed by atoms with Crippen molar-refractivity contribution in [3.05, 3.63) is 77.0 Å². The normalized spacial score (nSPS) is 13.7. The Morgan fingerprint density at radius 1 is 0.976 bits per heavy atom. The van der Waals surface area contributed by atoms with Crippen molar-refractivity contribution in [1.29, 1.82) is 0 Å². The lowest BCUT2D eigenvalue weighted by atomic mass is 10.1. The van der Waals surface area contributed by atoms with E-state index >= 15 is 0 Å². The average molecular weight is 781 g/mol. The maximum absolute atomic E-state index is 12.9. The first-order chi connectivity index (χ1) is 19.9. The third kappa shape index (κ3) is 7.58. The van der Waals surface area contributed by atoms with Crippen molar-refractivity contribution in [2.75, 3.05) is 39.8 Å². The van der Waals surface area contributed by atoms with E-state index in [-0.39, 0.29) is 5.91 Å². The second-order valence-electron chi connectivity index (χ2n) is 9.61. The summed E-state index contributed by atoms with van der Waals surface area (Å²) < 4.78 is 7.33. The summed E-state index contributed by atoms with van der Waals surface area (Å²) in [5, 5.41) is 29.5. The molecule has 41 heavy (non-hydrogen) atoms. The predicted octanol–water partition coefficient (Wildman–Crippen LogP) is 5.38. The minimum absolute atomic E-state index is 0.148. The number of nitrogens with zero attached hydrogens (tertiary/aromatic N) is 6. The van der Waals surface area contributed by atoms with Crippen molar-refractivity contribution < 1.29 is 10.0 Å². The van der Waals surface area contributed by atoms with E-state index in [4.69, 9.17) is 0 Å². The van der Waals surface area contributed by atoms with E-state index in [0.717, 1.165) is 49.6 Å². The Kier molecular flexibility index (Phi) is 10.2. The number of hydrogen-bond donors (Lipinski definition) is 3. The molecule has 216 valence electrons. The lowest BCUT2D eigenvalue weighted by molar-refractivity contribution is 0.0953. The summed E-state index contributed by atoms with van der Waals surface area (Å²) in [5.41, 5.74) is 5.42. The number of carbonyl (C=O) groups excluding carboxylic acids is 1. The molecule has 1 aliphatic rings. The topological polar surface area (TPSA) is 132 Å². The smallest absolute Gasteiger partial charge is 0.253 e. The Labute approximate surface area is 259 Å². The number of anilines is 2. The third-order valence-corrected chi connectivity index (χ3v) is 11.1. The van der Waals surface area contributed by atoms with Gasteiger partial charge in [0.25, 0.3) is 5.91 Å². The standard InChI is InChI=1S/C28H31I2N8O3/c1-19-12-13-24-25(18-19)38(41)30-35-28(29-37(24)40)32-15-7-17-36(2)16-6-14-31-27(39)20-8-5-11-23-26(20)34-22-10-4-3-9-21(22)33-23/h3-5,8-13,18,32,40H,6-7,14-17H2,1-2H3,(H,31,39)/q-1. The van der Waals surface area contributed by atoms with Crippen molar-refractivity contribution in [1.82, 2.24) is 25.5 Å². The van der Waals surface area contributed by atoms with Crippen LogP contribution in [0.25, 0.3) is 22.1 Å². The van der Waals surface area contributed by atoms with Crippen LogP contribution in [0.2, 0.25) is 0 Å². The van der Waals surface area contributed by atoms with Gasteiger partial charge in [0, 0.05) is 13.1 Å². The monoisotopic (exact) mass is 781 g/mol. The van der Waals surface area contributed by atoms with Crippen LogP contribution in [0.3, 0.4) is 0 Å². The van der Waals surface area contributed by atoms with Gasteiger partial charge in [0.05, 0.1) is 54.5 Å². The summed E-state index contributed by atoms with van der Waals surface area (Å²) in [6, 6.07) is 18.6. The molecule has 3 N–H and O–H groups in total. The van der Waals surface area contributed by atoms with Gasteiger partial charge in [-0.25, -0.2) is 9.97 Å². The SMILES string of the molecule is Cc1ccc2c(c1)N([O-])I=NC(NCCCN(C)CCCNC(=O)c1cccc3nc4ccccc4nc13)=IN2O. The Balaban J connectivity index is 1.05. The number of amides is 1. The minimum atomic E-state index is -1.10. The number of fused-ring (bicyclic) bond motifs is 3. The number of para-hydroxylation sites is 3. The number of aryl methyl sites for hydroxylation is 1. The summed E-state index contributed by atoms with van der Waals surface area (Å²) in [5.74, 6) is -0.148. The molecule has 0 unspecified atom stereocenters. The molecule has 1 amide bonds. The minimum Gasteiger partial charge on any atom is -0.749 e. The molecule has 5 rings (SSSR count). The van der Waals surface area contributed by atoms with Crippen LogP contribution in [-0.4, -0.2) is 63.0 Å². The van der Waals surface area contributed by atoms with Gasteiger partial charge in [0.1, 0.15) is 26.8 Å². The fourth-order valence-electron chi connectivity index (χ4n) is 4.36. The molecule has 1 aliphatic heterocycles. The lowest BCUT2D eigenvalue weighted by Gasteiger charge is -2.30. The van der Waals surface area contributed by atoms with Crippen LogP contribution in [0.1, 0.15) is 28.8 Å². The lowest BCUT2D eigenvalue weighted by Crippen LogP contribution is -2.30. The maximum Gasteiger partial charge on any atom is 0.253 e. The van der Waals surface area contributed by atoms with Crippen molar-refractivity contribution >= 4 is 85.4 Å². The molecule has 3 aromatic carbocycles. The number of rotatable bonds is 10. The molecular weight excluding hydrogens is 750 g/mol. The Morgan fingerprint density at radius 2 is 1.71 bits per heavy atom. The van der Waals surface area contributed by atoms with Crippen LogP contribution < -0.4 is 17.2 Å². The van der Waals surface area contributed by atoms with Crippen LogP contribution in [0.4, 0.5) is 11.4 Å². The number of aromatic nitrogens is 2. The van der Waals surface area contributed by atoms with Gasteiger partial charge >= 0.3 is 0 Å². The van der Waals surface area contributed by atoms with Gasteiger partial charge in [0.2, 0.25) is 0 Å². The molecule has 2 heterocycles. The maximum atomic E-state index is 12.9. The summed E-state index contributed by atoms with van der Waals surface area (Å²) in [4.78, 5) is 24.5. The molecular formula is C28H31I2N8O3-. The van der Waals surface area contributed by atoms with Gasteiger partial charge in [-0.1, -0.05) is 24.3 Å². The number of nitrogens with one attached hydrogen (secondary N) is 2. The molecule has 1 aromatic heterocycles. The number of hydrogen-bond acceptors (Lipinski definition) is 10. The van der Waals surface area contributed by atoms with Gasteiger partial charge in [0.15, 0.2) is 3.76 Å². The average Bonchev–Trinajstić information content (AvgIpc) is 2.97. The highest BCUT2D eigenvalue weighted by molar-refractivity contribution is 14.2. The number of benzene rings is 3. The van der Waals surface area contributed by atoms with Crippen molar-refractivity contribution in [3.63, 3.8) is 0 Å². The van der Waals surface area contributed by atoms with E-state index in [1.54, 1.807) is 18.2 Å². The fraction of sp³-hybridized carbons (Fsp3) is 0.286. The fourth-order valence-corrected chi connectivity index (χ4v) is 8.25. The zero-order valence-electron chi connectivity index (χ0n) is 22.7. The first-order valence-corrected chi connectivity index (χ1v) is 17.2. The van der Waals surface area contributed by atoms with Crippen LogP contribution in [0, 0.1) is 12.1 Å². The predicted molar refractivity (Wildman–Crippen MR) is 181 cm³/mol. The van der Waals surface area contributed by atoms with Crippen LogP contribution in [0.15, 0.2) is 63.8 Å². The summed E-state index contributed by atoms with van der Waals surface area (Å²) in [7, 11) is 2.06. The van der Waals surface area contributed by atoms with Crippen molar-refractivity contribution in [2.24, 2.45) is 3.15 Å². The van der Waals surface area contributed by atoms with Crippen LogP contribution in [0.5, 0.6) is 0 Å². The zero-order chi connectivity index (χ0) is 28.8. The molecule has 4 aromatic rings. The summed E-state index contributed by atoms with van der Waals surface area (Å²) in [6.45, 7) is 4.89. The van der Waals surface area contributed by atoms with E-state index in [1.165, 1.54) is 3.28 Å². The molecule has 0 radical (unpaired) electrons. The third-order valence-electron chi connectivity index (χ3n) is 6.46. The van der Waals surface area contributed by atoms with Gasteiger partial charge in [-0.15, -0.1) is 0 Å². The van der Waals surface area contributed by atoms with Gasteiger partial charge in [-0.3, -0.25) is 15.3 Å². The molecule has 0 aliphatic carbocycles. The van der Waals surface area contributed by atoms with Gasteiger partial charge in [-0.2, -0.15) is 6.42 Å². The second kappa shape index (κ2) is 14.0. The Morgan fingerprint density at radius 3 is 2.51 bits per heavy atom. The number of halogens is 2. The molecule has 13 heteroatoms. The highest BCUT2D eigenvalue weighted by atomic mass is 127. The van der Waals surface area contributed by atoms with Crippen LogP contribution in [-0.2, 0) is 0 Å². The van der Waals surface area contributed by atoms with Gasteiger partial charge < -0.3 is 18.7 Å². The molecule has 0 fully saturated rings. The van der Waals surface area contributed by atoms with E-state index in [9.17, 15) is 15.2 Å². The first-order valence-electron chi connectivity index (χ1n) is 13.2. The number of carbonyl (C=O) groups is 1. The van der Waals surface area contributed by atoms with E-state index in [1.807, 2.05) is 49.4 Å². The van der Waals surface area contributed by atoms with Gasteiger partial charge in [-0.05, 0) is 81.9 Å². The van der Waals surface area contributed by atoms with E-state index in [0.29, 0.717) is 41.1 Å². The second-order valence-corrected chi connectivity index (χ2v) is 13.8. The molecule has 0 spiro atoms. The quantitative estimate of drug-likeness (QED) is 0.0841. The molecule has 0 saturated carbocycles. The van der Waals surface area contributed by atoms with Crippen molar-refractivity contribution in [2.45, 2.75) is 19.8 Å². The Hall–Kier alpha value is -2.70. The first kappa shape index (κ1) is 29.8. The van der Waals surface area contributed by atoms with E-state index in [2.05, 4.69) is 35.7 Å².